The highest BCUT2D eigenvalue weighted by Crippen LogP contribution is 2.12. The molecule has 0 atom stereocenters. The van der Waals surface area contributed by atoms with Crippen LogP contribution >= 0.6 is 0 Å². The summed E-state index contributed by atoms with van der Waals surface area (Å²) in [5, 5.41) is 7.42. The number of rotatable bonds is 7. The summed E-state index contributed by atoms with van der Waals surface area (Å²) >= 11 is 0. The van der Waals surface area contributed by atoms with Gasteiger partial charge in [0.2, 0.25) is 0 Å². The second kappa shape index (κ2) is 6.81. The third-order valence-electron chi connectivity index (χ3n) is 2.65. The van der Waals surface area contributed by atoms with Crippen LogP contribution in [0.4, 0.5) is 0 Å². The Morgan fingerprint density at radius 3 is 2.78 bits per heavy atom. The van der Waals surface area contributed by atoms with Crippen molar-refractivity contribution in [1.82, 2.24) is 15.1 Å². The average molecular weight is 245 g/mol. The second-order valence-electron chi connectivity index (χ2n) is 4.04. The largest absolute Gasteiger partial charge is 0.492 e. The molecule has 0 unspecified atom stereocenters. The topological polar surface area (TPSA) is 39.1 Å². The van der Waals surface area contributed by atoms with Crippen molar-refractivity contribution in [2.45, 2.75) is 20.0 Å². The van der Waals surface area contributed by atoms with E-state index in [1.54, 1.807) is 6.20 Å². The van der Waals surface area contributed by atoms with Crippen LogP contribution in [0.2, 0.25) is 0 Å². The van der Waals surface area contributed by atoms with Crippen molar-refractivity contribution in [2.24, 2.45) is 0 Å². The maximum absolute atomic E-state index is 5.66. The first kappa shape index (κ1) is 12.6. The molecule has 0 spiro atoms. The zero-order valence-electron chi connectivity index (χ0n) is 10.7. The van der Waals surface area contributed by atoms with Crippen LogP contribution in [0.1, 0.15) is 12.5 Å². The maximum atomic E-state index is 5.66. The highest BCUT2D eigenvalue weighted by Gasteiger charge is 1.96. The molecule has 0 bridgehead atoms. The van der Waals surface area contributed by atoms with E-state index in [1.807, 2.05) is 29.1 Å². The van der Waals surface area contributed by atoms with Gasteiger partial charge in [0.15, 0.2) is 0 Å². The molecule has 1 aromatic heterocycles. The number of nitrogens with one attached hydrogen (secondary N) is 1. The lowest BCUT2D eigenvalue weighted by Crippen LogP contribution is -2.11. The van der Waals surface area contributed by atoms with Gasteiger partial charge in [0, 0.05) is 18.9 Å². The van der Waals surface area contributed by atoms with E-state index in [9.17, 15) is 0 Å². The number of hydrogen-bond acceptors (Lipinski definition) is 3. The van der Waals surface area contributed by atoms with Crippen LogP contribution in [0.15, 0.2) is 42.7 Å². The Bertz CT molecular complexity index is 437. The summed E-state index contributed by atoms with van der Waals surface area (Å²) in [4.78, 5) is 0. The predicted molar refractivity (Wildman–Crippen MR) is 71.5 cm³/mol. The second-order valence-corrected chi connectivity index (χ2v) is 4.04. The maximum Gasteiger partial charge on any atom is 0.119 e. The lowest BCUT2D eigenvalue weighted by molar-refractivity contribution is 0.291. The molecule has 2 aromatic rings. The minimum atomic E-state index is 0.633. The molecule has 0 fully saturated rings. The van der Waals surface area contributed by atoms with Crippen molar-refractivity contribution in [2.75, 3.05) is 13.2 Å². The summed E-state index contributed by atoms with van der Waals surface area (Å²) in [5.41, 5.74) is 1.27. The summed E-state index contributed by atoms with van der Waals surface area (Å²) < 4.78 is 7.52. The molecule has 0 saturated heterocycles. The molecular formula is C14H19N3O. The van der Waals surface area contributed by atoms with E-state index in [-0.39, 0.29) is 0 Å². The first-order valence-electron chi connectivity index (χ1n) is 6.28. The minimum Gasteiger partial charge on any atom is -0.492 e. The van der Waals surface area contributed by atoms with Gasteiger partial charge in [0.1, 0.15) is 12.4 Å². The lowest BCUT2D eigenvalue weighted by Gasteiger charge is -2.07. The van der Waals surface area contributed by atoms with Gasteiger partial charge < -0.3 is 10.1 Å². The molecule has 0 aliphatic rings. The van der Waals surface area contributed by atoms with E-state index in [2.05, 4.69) is 29.5 Å². The average Bonchev–Trinajstić information content (AvgIpc) is 2.91. The molecule has 1 aromatic carbocycles. The minimum absolute atomic E-state index is 0.633. The first-order valence-corrected chi connectivity index (χ1v) is 6.28. The van der Waals surface area contributed by atoms with Crippen LogP contribution in [0.25, 0.3) is 0 Å². The smallest absolute Gasteiger partial charge is 0.119 e. The highest BCUT2D eigenvalue weighted by molar-refractivity contribution is 5.27. The predicted octanol–water partition coefficient (Wildman–Crippen LogP) is 2.07. The van der Waals surface area contributed by atoms with Crippen molar-refractivity contribution in [3.8, 4) is 5.75 Å². The van der Waals surface area contributed by atoms with Gasteiger partial charge in [-0.15, -0.1) is 0 Å². The summed E-state index contributed by atoms with van der Waals surface area (Å²) in [6.45, 7) is 5.40. The number of nitrogens with zero attached hydrogens (tertiary/aromatic N) is 2. The van der Waals surface area contributed by atoms with Gasteiger partial charge in [-0.1, -0.05) is 19.1 Å². The monoisotopic (exact) mass is 245 g/mol. The zero-order chi connectivity index (χ0) is 12.6. The molecule has 1 heterocycles. The van der Waals surface area contributed by atoms with Crippen LogP contribution in [-0.2, 0) is 13.1 Å². The molecule has 4 heteroatoms. The number of hydrogen-bond donors (Lipinski definition) is 1. The summed E-state index contributed by atoms with van der Waals surface area (Å²) in [6, 6.07) is 10.1. The summed E-state index contributed by atoms with van der Waals surface area (Å²) in [6.07, 6.45) is 3.71. The zero-order valence-corrected chi connectivity index (χ0v) is 10.7. The Morgan fingerprint density at radius 1 is 1.28 bits per heavy atom. The molecule has 18 heavy (non-hydrogen) atoms. The van der Waals surface area contributed by atoms with Gasteiger partial charge in [0.05, 0.1) is 6.54 Å². The Morgan fingerprint density at radius 2 is 2.11 bits per heavy atom. The fraction of sp³-hybridized carbons (Fsp3) is 0.357. The van der Waals surface area contributed by atoms with Crippen molar-refractivity contribution >= 4 is 0 Å². The molecule has 0 aliphatic carbocycles. The Kier molecular flexibility index (Phi) is 4.78. The molecule has 0 amide bonds. The van der Waals surface area contributed by atoms with E-state index in [0.29, 0.717) is 6.61 Å². The molecule has 2 rings (SSSR count). The summed E-state index contributed by atoms with van der Waals surface area (Å²) in [5.74, 6) is 0.905. The van der Waals surface area contributed by atoms with Crippen LogP contribution in [0, 0.1) is 0 Å². The van der Waals surface area contributed by atoms with Crippen LogP contribution in [0.3, 0.4) is 0 Å². The van der Waals surface area contributed by atoms with Gasteiger partial charge in [-0.2, -0.15) is 5.10 Å². The lowest BCUT2D eigenvalue weighted by atomic mass is 10.2. The molecule has 1 N–H and O–H groups in total. The van der Waals surface area contributed by atoms with Crippen molar-refractivity contribution < 1.29 is 4.74 Å². The fourth-order valence-corrected chi connectivity index (χ4v) is 1.66. The SMILES string of the molecule is CCNCc1ccc(OCCn2cccn2)cc1. The number of benzene rings is 1. The van der Waals surface area contributed by atoms with Crippen LogP contribution in [-0.4, -0.2) is 22.9 Å². The van der Waals surface area contributed by atoms with E-state index in [1.165, 1.54) is 5.56 Å². The van der Waals surface area contributed by atoms with Gasteiger partial charge in [-0.05, 0) is 30.3 Å². The van der Waals surface area contributed by atoms with Gasteiger partial charge in [-0.25, -0.2) is 0 Å². The Labute approximate surface area is 108 Å². The van der Waals surface area contributed by atoms with E-state index in [4.69, 9.17) is 4.74 Å². The molecule has 0 aliphatic heterocycles. The standard InChI is InChI=1S/C14H19N3O/c1-2-15-12-13-4-6-14(7-5-13)18-11-10-17-9-3-8-16-17/h3-9,15H,2,10-12H2,1H3. The first-order chi connectivity index (χ1) is 8.88. The van der Waals surface area contributed by atoms with E-state index in [0.717, 1.165) is 25.4 Å². The van der Waals surface area contributed by atoms with E-state index >= 15 is 0 Å². The third-order valence-corrected chi connectivity index (χ3v) is 2.65. The fourth-order valence-electron chi connectivity index (χ4n) is 1.66. The quantitative estimate of drug-likeness (QED) is 0.811. The molecule has 96 valence electrons. The van der Waals surface area contributed by atoms with Gasteiger partial charge in [0.25, 0.3) is 0 Å². The third kappa shape index (κ3) is 3.89. The number of ether oxygens (including phenoxy) is 1. The highest BCUT2D eigenvalue weighted by atomic mass is 16.5. The van der Waals surface area contributed by atoms with Gasteiger partial charge >= 0.3 is 0 Å². The van der Waals surface area contributed by atoms with Crippen molar-refractivity contribution in [3.05, 3.63) is 48.3 Å². The summed E-state index contributed by atoms with van der Waals surface area (Å²) in [7, 11) is 0. The molecule has 0 saturated carbocycles. The number of aromatic nitrogens is 2. The van der Waals surface area contributed by atoms with Crippen LogP contribution in [0.5, 0.6) is 5.75 Å². The van der Waals surface area contributed by atoms with Crippen molar-refractivity contribution in [3.63, 3.8) is 0 Å². The Hall–Kier alpha value is -1.81. The molecule has 0 radical (unpaired) electrons. The van der Waals surface area contributed by atoms with E-state index < -0.39 is 0 Å². The van der Waals surface area contributed by atoms with Crippen molar-refractivity contribution in [1.29, 1.82) is 0 Å². The molecule has 4 nitrogen and oxygen atoms in total. The van der Waals surface area contributed by atoms with Crippen LogP contribution < -0.4 is 10.1 Å². The van der Waals surface area contributed by atoms with Gasteiger partial charge in [-0.3, -0.25) is 4.68 Å². The molecular weight excluding hydrogens is 226 g/mol. The Balaban J connectivity index is 1.75. The normalized spacial score (nSPS) is 10.5.